The average Bonchev–Trinajstić information content (AvgIpc) is 2.97. The Hall–Kier alpha value is -3.38. The van der Waals surface area contributed by atoms with Gasteiger partial charge in [-0.2, -0.15) is 0 Å². The zero-order valence-corrected chi connectivity index (χ0v) is 25.1. The molecule has 202 valence electrons. The molecule has 1 unspecified atom stereocenters. The number of hydrogen-bond donors (Lipinski definition) is 3. The molecule has 39 heavy (non-hydrogen) atoms. The van der Waals surface area contributed by atoms with Crippen LogP contribution in [0.25, 0.3) is 0 Å². The van der Waals surface area contributed by atoms with E-state index in [1.807, 2.05) is 97.5 Å². The number of hydrogen-bond acceptors (Lipinski definition) is 3. The number of rotatable bonds is 7. The fraction of sp³-hybridized carbons (Fsp3) is 0.133. The van der Waals surface area contributed by atoms with E-state index in [-0.39, 0.29) is 23.1 Å². The van der Waals surface area contributed by atoms with Crippen LogP contribution in [0.15, 0.2) is 120 Å². The van der Waals surface area contributed by atoms with E-state index in [2.05, 4.69) is 52.0 Å². The van der Waals surface area contributed by atoms with E-state index in [0.717, 1.165) is 33.2 Å². The summed E-state index contributed by atoms with van der Waals surface area (Å²) in [5.74, 6) is -1.63. The van der Waals surface area contributed by atoms with Gasteiger partial charge in [-0.1, -0.05) is 0 Å². The summed E-state index contributed by atoms with van der Waals surface area (Å²) in [6, 6.07) is 38.9. The molecule has 4 aromatic carbocycles. The number of halogens is 2. The molecule has 1 aliphatic heterocycles. The molecule has 1 atom stereocenters. The Labute approximate surface area is 245 Å². The molecule has 0 aliphatic carbocycles. The van der Waals surface area contributed by atoms with Crippen molar-refractivity contribution in [3.63, 3.8) is 0 Å². The Morgan fingerprint density at radius 1 is 0.795 bits per heavy atom. The third-order valence-electron chi connectivity index (χ3n) is 6.79. The van der Waals surface area contributed by atoms with Crippen molar-refractivity contribution in [1.29, 1.82) is 0 Å². The molecule has 1 heterocycles. The van der Waals surface area contributed by atoms with Gasteiger partial charge in [-0.3, -0.25) is 0 Å². The van der Waals surface area contributed by atoms with E-state index in [0.29, 0.717) is 12.3 Å². The van der Waals surface area contributed by atoms with Gasteiger partial charge in [-0.05, 0) is 0 Å². The molecular weight excluding hydrogens is 593 g/mol. The molecular formula is C30H32BrClN5OP. The van der Waals surface area contributed by atoms with Crippen LogP contribution in [0.5, 0.6) is 5.75 Å². The fourth-order valence-corrected chi connectivity index (χ4v) is 9.99. The second-order valence-electron chi connectivity index (χ2n) is 9.46. The number of ether oxygens (including phenoxy) is 1. The van der Waals surface area contributed by atoms with Gasteiger partial charge in [-0.15, -0.1) is 0 Å². The van der Waals surface area contributed by atoms with Crippen LogP contribution in [0, 0.1) is 0 Å². The molecule has 1 aliphatic rings. The van der Waals surface area contributed by atoms with Crippen molar-refractivity contribution in [2.45, 2.75) is 6.17 Å². The minimum Gasteiger partial charge on any atom is -1.00 e. The summed E-state index contributed by atoms with van der Waals surface area (Å²) >= 11 is 8.09. The van der Waals surface area contributed by atoms with Crippen LogP contribution >= 0.6 is 17.2 Å². The maximum atomic E-state index is 8.09. The standard InChI is InChI=1S/C30H31ClN5OP.BrH/c1-36(2)30-34-28(33-29(32)35-30)23-18-20-24(21-19-23)37-22-38(31,25-12-6-3-7-13-25,26-14-8-4-9-15-26)27-16-10-5-11-17-27;/h3-21,28H,22H2,1-2H3,(H3,32,33,34,35);1H. The van der Waals surface area contributed by atoms with Crippen molar-refractivity contribution < 1.29 is 26.3 Å². The second kappa shape index (κ2) is 11.8. The number of aliphatic imine (C=N–C) groups is 1. The van der Waals surface area contributed by atoms with Crippen molar-refractivity contribution in [1.82, 2.24) is 10.6 Å². The SMILES string of the molecule is C[N+](C)=C1NC(N)=NC(c2ccc(OCP(Cl)(c3ccccc3)(c3ccccc3)c3ccccc3)cc2)N1.[Br-]. The summed E-state index contributed by atoms with van der Waals surface area (Å²) in [5.41, 5.74) is 6.98. The number of nitrogens with two attached hydrogens (primary N) is 1. The summed E-state index contributed by atoms with van der Waals surface area (Å²) in [4.78, 5) is 4.50. The monoisotopic (exact) mass is 623 g/mol. The van der Waals surface area contributed by atoms with Crippen LogP contribution in [-0.4, -0.2) is 36.9 Å². The van der Waals surface area contributed by atoms with E-state index in [1.54, 1.807) is 0 Å². The Morgan fingerprint density at radius 3 is 1.69 bits per heavy atom. The first-order valence-electron chi connectivity index (χ1n) is 12.4. The van der Waals surface area contributed by atoms with E-state index < -0.39 is 5.96 Å². The first kappa shape index (κ1) is 28.6. The molecule has 9 heteroatoms. The average molecular weight is 625 g/mol. The summed E-state index contributed by atoms with van der Waals surface area (Å²) in [6.07, 6.45) is 0.00714. The molecule has 6 nitrogen and oxygen atoms in total. The quantitative estimate of drug-likeness (QED) is 0.211. The second-order valence-corrected chi connectivity index (χ2v) is 15.9. The van der Waals surface area contributed by atoms with Gasteiger partial charge in [0, 0.05) is 0 Å². The van der Waals surface area contributed by atoms with Crippen LogP contribution < -0.4 is 54.0 Å². The molecule has 0 bridgehead atoms. The molecule has 0 aromatic heterocycles. The first-order valence-corrected chi connectivity index (χ1v) is 15.7. The van der Waals surface area contributed by atoms with Gasteiger partial charge in [0.2, 0.25) is 0 Å². The van der Waals surface area contributed by atoms with Gasteiger partial charge < -0.3 is 17.0 Å². The summed E-state index contributed by atoms with van der Waals surface area (Å²) in [5, 5.41) is 9.57. The summed E-state index contributed by atoms with van der Waals surface area (Å²) in [7, 11) is 3.87. The molecule has 0 fully saturated rings. The Morgan fingerprint density at radius 2 is 1.26 bits per heavy atom. The maximum absolute atomic E-state index is 8.09. The van der Waals surface area contributed by atoms with Crippen molar-refractivity contribution >= 4 is 45.0 Å². The van der Waals surface area contributed by atoms with E-state index in [4.69, 9.17) is 21.7 Å². The predicted molar refractivity (Wildman–Crippen MR) is 161 cm³/mol. The van der Waals surface area contributed by atoms with Crippen molar-refractivity contribution in [3.05, 3.63) is 121 Å². The minimum atomic E-state index is -3.52. The predicted octanol–water partition coefficient (Wildman–Crippen LogP) is 0.845. The van der Waals surface area contributed by atoms with Crippen LogP contribution in [0.3, 0.4) is 0 Å². The van der Waals surface area contributed by atoms with Crippen molar-refractivity contribution in [3.8, 4) is 5.75 Å². The summed E-state index contributed by atoms with van der Waals surface area (Å²) < 4.78 is 8.50. The molecule has 4 aromatic rings. The third-order valence-corrected chi connectivity index (χ3v) is 13.6. The minimum absolute atomic E-state index is 0. The first-order chi connectivity index (χ1) is 18.4. The molecule has 0 saturated heterocycles. The zero-order valence-electron chi connectivity index (χ0n) is 21.8. The topological polar surface area (TPSA) is 74.7 Å². The molecule has 0 amide bonds. The van der Waals surface area contributed by atoms with Gasteiger partial charge in [0.1, 0.15) is 0 Å². The number of benzene rings is 4. The van der Waals surface area contributed by atoms with Gasteiger partial charge >= 0.3 is 229 Å². The number of guanidine groups is 2. The molecule has 0 radical (unpaired) electrons. The molecule has 0 saturated carbocycles. The van der Waals surface area contributed by atoms with Gasteiger partial charge in [-0.25, -0.2) is 0 Å². The van der Waals surface area contributed by atoms with Crippen LogP contribution in [-0.2, 0) is 0 Å². The Balaban J connectivity index is 0.00000353. The van der Waals surface area contributed by atoms with Crippen LogP contribution in [0.1, 0.15) is 11.7 Å². The van der Waals surface area contributed by atoms with E-state index in [9.17, 15) is 0 Å². The summed E-state index contributed by atoms with van der Waals surface area (Å²) in [6.45, 7) is 0. The van der Waals surface area contributed by atoms with Gasteiger partial charge in [0.05, 0.1) is 0 Å². The van der Waals surface area contributed by atoms with E-state index >= 15 is 0 Å². The normalized spacial score (nSPS) is 15.9. The van der Waals surface area contributed by atoms with Gasteiger partial charge in [0.25, 0.3) is 0 Å². The molecule has 0 spiro atoms. The maximum Gasteiger partial charge on any atom is -1.00 e. The Kier molecular flexibility index (Phi) is 8.65. The Bertz CT molecular complexity index is 1360. The molecule has 5 rings (SSSR count). The van der Waals surface area contributed by atoms with Crippen LogP contribution in [0.2, 0.25) is 0 Å². The van der Waals surface area contributed by atoms with Crippen LogP contribution in [0.4, 0.5) is 0 Å². The molecule has 4 N–H and O–H groups in total. The fourth-order valence-electron chi connectivity index (χ4n) is 4.72. The largest absolute Gasteiger partial charge is 1.00 e. The van der Waals surface area contributed by atoms with Crippen molar-refractivity contribution in [2.24, 2.45) is 10.7 Å². The van der Waals surface area contributed by atoms with Gasteiger partial charge in [0.15, 0.2) is 0 Å². The third kappa shape index (κ3) is 5.53. The zero-order chi connectivity index (χ0) is 26.6. The van der Waals surface area contributed by atoms with E-state index in [1.165, 1.54) is 0 Å². The number of nitrogens with one attached hydrogen (secondary N) is 2. The smallest absolute Gasteiger partial charge is 1.00 e. The number of nitrogens with zero attached hydrogens (tertiary/aromatic N) is 2. The van der Waals surface area contributed by atoms with Crippen molar-refractivity contribution in [2.75, 3.05) is 20.4 Å².